The van der Waals surface area contributed by atoms with Crippen molar-refractivity contribution in [3.8, 4) is 5.75 Å². The normalized spacial score (nSPS) is 16.9. The van der Waals surface area contributed by atoms with Crippen molar-refractivity contribution in [2.45, 2.75) is 32.7 Å². The topological polar surface area (TPSA) is 114 Å². The third kappa shape index (κ3) is 5.94. The van der Waals surface area contributed by atoms with Gasteiger partial charge in [0.15, 0.2) is 6.61 Å². The first kappa shape index (κ1) is 19.6. The van der Waals surface area contributed by atoms with Gasteiger partial charge in [-0.1, -0.05) is 6.07 Å². The summed E-state index contributed by atoms with van der Waals surface area (Å²) in [5, 5.41) is 5.70. The minimum absolute atomic E-state index is 0.0554. The van der Waals surface area contributed by atoms with Gasteiger partial charge in [-0.3, -0.25) is 9.59 Å². The largest absolute Gasteiger partial charge is 0.484 e. The highest BCUT2D eigenvalue weighted by atomic mass is 16.5. The number of amides is 4. The Bertz CT molecular complexity index is 662. The molecular weight excluding hydrogens is 336 g/mol. The maximum Gasteiger partial charge on any atom is 0.317 e. The number of nitrogens with one attached hydrogen (secondary N) is 2. The van der Waals surface area contributed by atoms with Crippen LogP contribution in [0.2, 0.25) is 0 Å². The number of ether oxygens (including phenoxy) is 1. The van der Waals surface area contributed by atoms with Crippen LogP contribution in [0.1, 0.15) is 26.7 Å². The van der Waals surface area contributed by atoms with E-state index < -0.39 is 5.91 Å². The van der Waals surface area contributed by atoms with Crippen molar-refractivity contribution in [2.75, 3.05) is 25.0 Å². The third-order valence-corrected chi connectivity index (χ3v) is 3.97. The highest BCUT2D eigenvalue weighted by molar-refractivity contribution is 5.93. The molecule has 142 valence electrons. The van der Waals surface area contributed by atoms with Gasteiger partial charge in [0.25, 0.3) is 5.91 Å². The minimum Gasteiger partial charge on any atom is -0.484 e. The predicted octanol–water partition coefficient (Wildman–Crippen LogP) is 1.32. The summed E-state index contributed by atoms with van der Waals surface area (Å²) in [7, 11) is 0. The first-order chi connectivity index (χ1) is 12.3. The second-order valence-corrected chi connectivity index (χ2v) is 6.66. The van der Waals surface area contributed by atoms with Gasteiger partial charge in [0.1, 0.15) is 5.75 Å². The molecule has 0 unspecified atom stereocenters. The predicted molar refractivity (Wildman–Crippen MR) is 97.7 cm³/mol. The lowest BCUT2D eigenvalue weighted by Gasteiger charge is -2.32. The molecule has 1 saturated heterocycles. The fraction of sp³-hybridized carbons (Fsp3) is 0.500. The average molecular weight is 362 g/mol. The number of benzene rings is 1. The molecule has 1 aromatic carbocycles. The number of piperidine rings is 1. The van der Waals surface area contributed by atoms with Gasteiger partial charge in [0, 0.05) is 30.9 Å². The van der Waals surface area contributed by atoms with E-state index in [9.17, 15) is 14.4 Å². The van der Waals surface area contributed by atoms with Gasteiger partial charge in [-0.15, -0.1) is 0 Å². The molecule has 0 radical (unpaired) electrons. The molecule has 4 amide bonds. The van der Waals surface area contributed by atoms with E-state index in [1.807, 2.05) is 13.8 Å². The van der Waals surface area contributed by atoms with Crippen LogP contribution in [0.5, 0.6) is 5.75 Å². The lowest BCUT2D eigenvalue weighted by molar-refractivity contribution is -0.121. The second kappa shape index (κ2) is 9.07. The molecule has 1 aromatic rings. The lowest BCUT2D eigenvalue weighted by Crippen LogP contribution is -2.49. The van der Waals surface area contributed by atoms with Gasteiger partial charge < -0.3 is 26.0 Å². The Labute approximate surface area is 153 Å². The minimum atomic E-state index is -0.568. The quantitative estimate of drug-likeness (QED) is 0.708. The Kier molecular flexibility index (Phi) is 6.82. The molecule has 0 spiro atoms. The van der Waals surface area contributed by atoms with Gasteiger partial charge in [0.2, 0.25) is 5.91 Å². The zero-order valence-electron chi connectivity index (χ0n) is 15.2. The number of rotatable bonds is 6. The number of hydrogen-bond donors (Lipinski definition) is 3. The molecule has 0 saturated carbocycles. The first-order valence-electron chi connectivity index (χ1n) is 8.72. The van der Waals surface area contributed by atoms with Crippen LogP contribution in [-0.4, -0.2) is 48.5 Å². The molecule has 0 bridgehead atoms. The van der Waals surface area contributed by atoms with Crippen molar-refractivity contribution in [1.82, 2.24) is 10.2 Å². The molecule has 1 heterocycles. The SMILES string of the molecule is CC(C)NC(=O)N1CCC[C@H](C(=O)Nc2cccc(OCC(N)=O)c2)C1. The summed E-state index contributed by atoms with van der Waals surface area (Å²) in [6.07, 6.45) is 1.51. The van der Waals surface area contributed by atoms with E-state index in [2.05, 4.69) is 10.6 Å². The molecule has 1 aliphatic rings. The summed E-state index contributed by atoms with van der Waals surface area (Å²) in [5.74, 6) is -0.527. The van der Waals surface area contributed by atoms with Crippen LogP contribution in [0.3, 0.4) is 0 Å². The lowest BCUT2D eigenvalue weighted by atomic mass is 9.97. The number of nitrogens with zero attached hydrogens (tertiary/aromatic N) is 1. The number of carbonyl (C=O) groups is 3. The van der Waals surface area contributed by atoms with Crippen molar-refractivity contribution in [1.29, 1.82) is 0 Å². The molecule has 1 fully saturated rings. The van der Waals surface area contributed by atoms with Crippen LogP contribution in [-0.2, 0) is 9.59 Å². The summed E-state index contributed by atoms with van der Waals surface area (Å²) in [5.41, 5.74) is 5.62. The van der Waals surface area contributed by atoms with E-state index in [1.165, 1.54) is 0 Å². The van der Waals surface area contributed by atoms with E-state index in [0.29, 0.717) is 24.5 Å². The summed E-state index contributed by atoms with van der Waals surface area (Å²) < 4.78 is 5.23. The molecule has 8 heteroatoms. The number of urea groups is 1. The van der Waals surface area contributed by atoms with Gasteiger partial charge in [-0.05, 0) is 38.8 Å². The summed E-state index contributed by atoms with van der Waals surface area (Å²) in [4.78, 5) is 37.2. The highest BCUT2D eigenvalue weighted by Gasteiger charge is 2.28. The van der Waals surface area contributed by atoms with Crippen LogP contribution < -0.4 is 21.1 Å². The van der Waals surface area contributed by atoms with Crippen molar-refractivity contribution in [3.05, 3.63) is 24.3 Å². The van der Waals surface area contributed by atoms with Crippen LogP contribution in [0, 0.1) is 5.92 Å². The molecule has 0 aliphatic carbocycles. The third-order valence-electron chi connectivity index (χ3n) is 3.97. The Hall–Kier alpha value is -2.77. The highest BCUT2D eigenvalue weighted by Crippen LogP contribution is 2.21. The van der Waals surface area contributed by atoms with E-state index in [-0.39, 0.29) is 30.5 Å². The van der Waals surface area contributed by atoms with E-state index in [0.717, 1.165) is 12.8 Å². The number of likely N-dealkylation sites (tertiary alicyclic amines) is 1. The maximum absolute atomic E-state index is 12.6. The number of nitrogens with two attached hydrogens (primary N) is 1. The van der Waals surface area contributed by atoms with Crippen LogP contribution in [0.15, 0.2) is 24.3 Å². The summed E-state index contributed by atoms with van der Waals surface area (Å²) in [6.45, 7) is 4.62. The van der Waals surface area contributed by atoms with Gasteiger partial charge >= 0.3 is 6.03 Å². The molecule has 1 aliphatic heterocycles. The second-order valence-electron chi connectivity index (χ2n) is 6.66. The Morgan fingerprint density at radius 3 is 2.81 bits per heavy atom. The van der Waals surface area contributed by atoms with Gasteiger partial charge in [-0.25, -0.2) is 4.79 Å². The van der Waals surface area contributed by atoms with Gasteiger partial charge in [-0.2, -0.15) is 0 Å². The molecule has 1 atom stereocenters. The molecule has 4 N–H and O–H groups in total. The van der Waals surface area contributed by atoms with Crippen LogP contribution >= 0.6 is 0 Å². The number of hydrogen-bond acceptors (Lipinski definition) is 4. The maximum atomic E-state index is 12.6. The Balaban J connectivity index is 1.93. The number of primary amides is 1. The molecular formula is C18H26N4O4. The summed E-state index contributed by atoms with van der Waals surface area (Å²) >= 11 is 0. The number of anilines is 1. The van der Waals surface area contributed by atoms with Crippen molar-refractivity contribution < 1.29 is 19.1 Å². The summed E-state index contributed by atoms with van der Waals surface area (Å²) in [6, 6.07) is 6.68. The van der Waals surface area contributed by atoms with E-state index >= 15 is 0 Å². The molecule has 2 rings (SSSR count). The van der Waals surface area contributed by atoms with Crippen molar-refractivity contribution in [2.24, 2.45) is 11.7 Å². The fourth-order valence-electron chi connectivity index (χ4n) is 2.78. The zero-order valence-corrected chi connectivity index (χ0v) is 15.2. The fourth-order valence-corrected chi connectivity index (χ4v) is 2.78. The monoisotopic (exact) mass is 362 g/mol. The molecule has 0 aromatic heterocycles. The standard InChI is InChI=1S/C18H26N4O4/c1-12(2)20-18(25)22-8-4-5-13(10-22)17(24)21-14-6-3-7-15(9-14)26-11-16(19)23/h3,6-7,9,12-13H,4-5,8,10-11H2,1-2H3,(H2,19,23)(H,20,25)(H,21,24)/t13-/m0/s1. The number of carbonyl (C=O) groups excluding carboxylic acids is 3. The van der Waals surface area contributed by atoms with Crippen LogP contribution in [0.4, 0.5) is 10.5 Å². The Morgan fingerprint density at radius 2 is 2.12 bits per heavy atom. The van der Waals surface area contributed by atoms with Gasteiger partial charge in [0.05, 0.1) is 5.92 Å². The van der Waals surface area contributed by atoms with Crippen molar-refractivity contribution in [3.63, 3.8) is 0 Å². The Morgan fingerprint density at radius 1 is 1.35 bits per heavy atom. The average Bonchev–Trinajstić information content (AvgIpc) is 2.60. The molecule has 8 nitrogen and oxygen atoms in total. The first-order valence-corrected chi connectivity index (χ1v) is 8.72. The zero-order chi connectivity index (χ0) is 19.1. The molecule has 26 heavy (non-hydrogen) atoms. The van der Waals surface area contributed by atoms with E-state index in [1.54, 1.807) is 29.2 Å². The smallest absolute Gasteiger partial charge is 0.317 e. The van der Waals surface area contributed by atoms with E-state index in [4.69, 9.17) is 10.5 Å². The van der Waals surface area contributed by atoms with Crippen molar-refractivity contribution >= 4 is 23.5 Å². The van der Waals surface area contributed by atoms with Crippen LogP contribution in [0.25, 0.3) is 0 Å².